The van der Waals surface area contributed by atoms with Crippen LogP contribution in [0.2, 0.25) is 0 Å². The number of H-pyrrole nitrogens is 1. The van der Waals surface area contributed by atoms with Gasteiger partial charge in [0.15, 0.2) is 5.65 Å². The standard InChI is InChI=1S/C25H22FN5O3/c1-15-19(16-9-20-21(26)12-28-23(20)27-11-16)10-22-24(29-15)31(17-5-3-2-4-6-17)25(32)30(22)13-18-14-33-7-8-34-18/h2-6,9-12,18H,7-8,13-14H2,1H3,(H,27,28)/t18-/m0/s1. The van der Waals surface area contributed by atoms with E-state index in [9.17, 15) is 9.18 Å². The molecular formula is C25H22FN5O3. The lowest BCUT2D eigenvalue weighted by atomic mass is 10.0. The Bertz CT molecular complexity index is 1560. The van der Waals surface area contributed by atoms with Crippen LogP contribution >= 0.6 is 0 Å². The van der Waals surface area contributed by atoms with Gasteiger partial charge in [0.25, 0.3) is 0 Å². The first-order valence-electron chi connectivity index (χ1n) is 11.1. The van der Waals surface area contributed by atoms with Gasteiger partial charge in [0.2, 0.25) is 0 Å². The Morgan fingerprint density at radius 2 is 2.06 bits per heavy atom. The predicted octanol–water partition coefficient (Wildman–Crippen LogP) is 3.59. The molecule has 0 unspecified atom stereocenters. The molecule has 0 amide bonds. The topological polar surface area (TPSA) is 87.0 Å². The van der Waals surface area contributed by atoms with E-state index in [-0.39, 0.29) is 17.6 Å². The van der Waals surface area contributed by atoms with Gasteiger partial charge in [0.1, 0.15) is 11.5 Å². The molecule has 5 aromatic rings. The van der Waals surface area contributed by atoms with E-state index < -0.39 is 0 Å². The molecule has 0 saturated carbocycles. The molecule has 1 aromatic carbocycles. The zero-order chi connectivity index (χ0) is 23.2. The van der Waals surface area contributed by atoms with Crippen LogP contribution in [-0.2, 0) is 16.0 Å². The summed E-state index contributed by atoms with van der Waals surface area (Å²) in [6.45, 7) is 3.68. The lowest BCUT2D eigenvalue weighted by molar-refractivity contribution is -0.0935. The molecule has 1 saturated heterocycles. The number of aromatic amines is 1. The first kappa shape index (κ1) is 20.8. The summed E-state index contributed by atoms with van der Waals surface area (Å²) in [4.78, 5) is 25.6. The van der Waals surface area contributed by atoms with Gasteiger partial charge in [-0.15, -0.1) is 0 Å². The van der Waals surface area contributed by atoms with E-state index in [1.807, 2.05) is 43.3 Å². The highest BCUT2D eigenvalue weighted by molar-refractivity contribution is 5.86. The third-order valence-corrected chi connectivity index (χ3v) is 6.18. The van der Waals surface area contributed by atoms with Gasteiger partial charge in [0.05, 0.1) is 49.1 Å². The van der Waals surface area contributed by atoms with E-state index in [0.29, 0.717) is 54.3 Å². The van der Waals surface area contributed by atoms with Crippen molar-refractivity contribution in [1.82, 2.24) is 24.1 Å². The molecule has 1 N–H and O–H groups in total. The van der Waals surface area contributed by atoms with Crippen LogP contribution in [-0.4, -0.2) is 50.0 Å². The van der Waals surface area contributed by atoms with Crippen LogP contribution in [0.5, 0.6) is 0 Å². The number of aryl methyl sites for hydroxylation is 1. The number of rotatable bonds is 4. The van der Waals surface area contributed by atoms with E-state index >= 15 is 0 Å². The zero-order valence-electron chi connectivity index (χ0n) is 18.5. The van der Waals surface area contributed by atoms with E-state index in [2.05, 4.69) is 9.97 Å². The average Bonchev–Trinajstić information content (AvgIpc) is 3.36. The fourth-order valence-electron chi connectivity index (χ4n) is 4.50. The van der Waals surface area contributed by atoms with Gasteiger partial charge in [-0.25, -0.2) is 23.7 Å². The molecule has 0 bridgehead atoms. The summed E-state index contributed by atoms with van der Waals surface area (Å²) < 4.78 is 28.9. The molecule has 5 heterocycles. The second-order valence-corrected chi connectivity index (χ2v) is 8.35. The van der Waals surface area contributed by atoms with E-state index in [1.165, 1.54) is 6.20 Å². The number of nitrogens with zero attached hydrogens (tertiary/aromatic N) is 4. The average molecular weight is 459 g/mol. The lowest BCUT2D eigenvalue weighted by Gasteiger charge is -2.23. The summed E-state index contributed by atoms with van der Waals surface area (Å²) >= 11 is 0. The largest absolute Gasteiger partial charge is 0.376 e. The van der Waals surface area contributed by atoms with Crippen LogP contribution in [0.4, 0.5) is 4.39 Å². The number of benzene rings is 1. The van der Waals surface area contributed by atoms with Gasteiger partial charge in [-0.3, -0.25) is 4.57 Å². The number of nitrogens with one attached hydrogen (secondary N) is 1. The summed E-state index contributed by atoms with van der Waals surface area (Å²) in [5.74, 6) is -0.363. The van der Waals surface area contributed by atoms with Crippen molar-refractivity contribution in [3.63, 3.8) is 0 Å². The molecule has 9 heteroatoms. The van der Waals surface area contributed by atoms with Crippen LogP contribution < -0.4 is 5.69 Å². The molecule has 172 valence electrons. The third-order valence-electron chi connectivity index (χ3n) is 6.18. The first-order chi connectivity index (χ1) is 16.6. The fourth-order valence-corrected chi connectivity index (χ4v) is 4.50. The number of hydrogen-bond acceptors (Lipinski definition) is 5. The maximum absolute atomic E-state index is 14.2. The number of halogens is 1. The SMILES string of the molecule is Cc1nc2c(cc1-c1cnc3[nH]cc(F)c3c1)n(C[C@H]1COCCO1)c(=O)n2-c1ccccc1. The molecule has 0 aliphatic carbocycles. The lowest BCUT2D eigenvalue weighted by Crippen LogP contribution is -2.35. The summed E-state index contributed by atoms with van der Waals surface area (Å²) in [6, 6.07) is 13.1. The molecule has 0 radical (unpaired) electrons. The van der Waals surface area contributed by atoms with Gasteiger partial charge in [-0.1, -0.05) is 18.2 Å². The number of imidazole rings is 1. The number of aromatic nitrogens is 5. The van der Waals surface area contributed by atoms with Crippen LogP contribution in [0.1, 0.15) is 5.69 Å². The quantitative estimate of drug-likeness (QED) is 0.444. The highest BCUT2D eigenvalue weighted by atomic mass is 19.1. The van der Waals surface area contributed by atoms with Gasteiger partial charge < -0.3 is 14.5 Å². The maximum Gasteiger partial charge on any atom is 0.335 e. The van der Waals surface area contributed by atoms with Crippen molar-refractivity contribution in [2.75, 3.05) is 19.8 Å². The molecule has 1 fully saturated rings. The van der Waals surface area contributed by atoms with Crippen molar-refractivity contribution in [2.45, 2.75) is 19.6 Å². The van der Waals surface area contributed by atoms with Crippen LogP contribution in [0.3, 0.4) is 0 Å². The van der Waals surface area contributed by atoms with Crippen molar-refractivity contribution < 1.29 is 13.9 Å². The van der Waals surface area contributed by atoms with Gasteiger partial charge in [0, 0.05) is 29.2 Å². The Labute approximate surface area is 193 Å². The van der Waals surface area contributed by atoms with E-state index in [4.69, 9.17) is 14.5 Å². The monoisotopic (exact) mass is 459 g/mol. The van der Waals surface area contributed by atoms with E-state index in [0.717, 1.165) is 16.8 Å². The van der Waals surface area contributed by atoms with Crippen molar-refractivity contribution in [1.29, 1.82) is 0 Å². The van der Waals surface area contributed by atoms with Crippen molar-refractivity contribution >= 4 is 22.2 Å². The molecule has 4 aromatic heterocycles. The second kappa shape index (κ2) is 8.19. The molecular weight excluding hydrogens is 437 g/mol. The number of hydrogen-bond donors (Lipinski definition) is 1. The summed E-state index contributed by atoms with van der Waals surface area (Å²) in [5, 5.41) is 0.406. The third kappa shape index (κ3) is 3.41. The highest BCUT2D eigenvalue weighted by Gasteiger charge is 2.23. The second-order valence-electron chi connectivity index (χ2n) is 8.35. The smallest absolute Gasteiger partial charge is 0.335 e. The Morgan fingerprint density at radius 3 is 2.85 bits per heavy atom. The molecule has 8 nitrogen and oxygen atoms in total. The van der Waals surface area contributed by atoms with E-state index in [1.54, 1.807) is 21.4 Å². The summed E-state index contributed by atoms with van der Waals surface area (Å²) in [6.07, 6.45) is 2.74. The number of ether oxygens (including phenoxy) is 2. The van der Waals surface area contributed by atoms with Crippen LogP contribution in [0.25, 0.3) is 39.0 Å². The maximum atomic E-state index is 14.2. The van der Waals surface area contributed by atoms with Crippen LogP contribution in [0, 0.1) is 12.7 Å². The molecule has 1 atom stereocenters. The highest BCUT2D eigenvalue weighted by Crippen LogP contribution is 2.29. The van der Waals surface area contributed by atoms with Crippen LogP contribution in [0.15, 0.2) is 59.7 Å². The zero-order valence-corrected chi connectivity index (χ0v) is 18.5. The minimum atomic E-state index is -0.363. The van der Waals surface area contributed by atoms with Crippen molar-refractivity contribution in [3.05, 3.63) is 76.9 Å². The minimum absolute atomic E-state index is 0.204. The van der Waals surface area contributed by atoms with Gasteiger partial charge >= 0.3 is 5.69 Å². The summed E-state index contributed by atoms with van der Waals surface area (Å²) in [5.41, 5.74) is 4.44. The Kier molecular flexibility index (Phi) is 5.00. The van der Waals surface area contributed by atoms with Crippen molar-refractivity contribution in [2.24, 2.45) is 0 Å². The summed E-state index contributed by atoms with van der Waals surface area (Å²) in [7, 11) is 0. The van der Waals surface area contributed by atoms with Gasteiger partial charge in [-0.2, -0.15) is 0 Å². The molecule has 0 spiro atoms. The Balaban J connectivity index is 1.57. The molecule has 34 heavy (non-hydrogen) atoms. The Morgan fingerprint density at radius 1 is 1.21 bits per heavy atom. The molecule has 1 aliphatic rings. The molecule has 1 aliphatic heterocycles. The number of para-hydroxylation sites is 1. The Hall–Kier alpha value is -3.82. The van der Waals surface area contributed by atoms with Gasteiger partial charge in [-0.05, 0) is 31.2 Å². The number of pyridine rings is 2. The molecule has 6 rings (SSSR count). The first-order valence-corrected chi connectivity index (χ1v) is 11.1. The minimum Gasteiger partial charge on any atom is -0.376 e. The van der Waals surface area contributed by atoms with Crippen molar-refractivity contribution in [3.8, 4) is 16.8 Å². The normalized spacial score (nSPS) is 16.5. The fraction of sp³-hybridized carbons (Fsp3) is 0.240. The number of fused-ring (bicyclic) bond motifs is 2. The predicted molar refractivity (Wildman–Crippen MR) is 126 cm³/mol.